The van der Waals surface area contributed by atoms with Gasteiger partial charge in [-0.05, 0) is 0 Å². The summed E-state index contributed by atoms with van der Waals surface area (Å²) in [6.45, 7) is 1.22. The van der Waals surface area contributed by atoms with E-state index in [1.54, 1.807) is 10.9 Å². The molecule has 0 unspecified atom stereocenters. The third kappa shape index (κ3) is 1.33. The Balaban J connectivity index is 2.71. The highest BCUT2D eigenvalue weighted by Crippen LogP contribution is 1.92. The van der Waals surface area contributed by atoms with E-state index in [-0.39, 0.29) is 0 Å². The third-order valence-electron chi connectivity index (χ3n) is 1.12. The Morgan fingerprint density at radius 2 is 2.60 bits per heavy atom. The van der Waals surface area contributed by atoms with Crippen molar-refractivity contribution in [2.24, 2.45) is 5.73 Å². The molecule has 0 aliphatic rings. The lowest BCUT2D eigenvalue weighted by molar-refractivity contribution is 0.625. The molecule has 1 aromatic heterocycles. The molecule has 0 atom stereocenters. The van der Waals surface area contributed by atoms with Gasteiger partial charge < -0.3 is 5.73 Å². The predicted molar refractivity (Wildman–Crippen MR) is 36.0 cm³/mol. The number of hydrogen-bond acceptors (Lipinski definition) is 3. The maximum Gasteiger partial charge on any atom is 0.102 e. The predicted octanol–water partition coefficient (Wildman–Crippen LogP) is -0.287. The zero-order valence-electron chi connectivity index (χ0n) is 5.49. The topological polar surface area (TPSA) is 67.6 Å². The highest BCUT2D eigenvalue weighted by atomic mass is 15.3. The van der Waals surface area contributed by atoms with E-state index in [4.69, 9.17) is 11.0 Å². The Labute approximate surface area is 58.9 Å². The highest BCUT2D eigenvalue weighted by molar-refractivity contribution is 5.21. The molecule has 0 aliphatic carbocycles. The molecule has 4 nitrogen and oxygen atoms in total. The van der Waals surface area contributed by atoms with Crippen molar-refractivity contribution >= 4 is 0 Å². The number of nitriles is 1. The normalized spacial score (nSPS) is 9.20. The fraction of sp³-hybridized carbons (Fsp3) is 0.333. The molecule has 2 N–H and O–H groups in total. The second-order valence-electron chi connectivity index (χ2n) is 1.89. The smallest absolute Gasteiger partial charge is 0.102 e. The second-order valence-corrected chi connectivity index (χ2v) is 1.89. The third-order valence-corrected chi connectivity index (χ3v) is 1.12. The Morgan fingerprint density at radius 3 is 3.10 bits per heavy atom. The van der Waals surface area contributed by atoms with Gasteiger partial charge in [-0.2, -0.15) is 10.4 Å². The molecule has 0 bridgehead atoms. The van der Waals surface area contributed by atoms with Crippen LogP contribution >= 0.6 is 0 Å². The van der Waals surface area contributed by atoms with Crippen LogP contribution < -0.4 is 5.73 Å². The Bertz CT molecular complexity index is 244. The second kappa shape index (κ2) is 2.99. The summed E-state index contributed by atoms with van der Waals surface area (Å²) in [5, 5.41) is 12.3. The molecule has 0 saturated carbocycles. The van der Waals surface area contributed by atoms with Gasteiger partial charge in [-0.15, -0.1) is 0 Å². The van der Waals surface area contributed by atoms with Gasteiger partial charge >= 0.3 is 0 Å². The van der Waals surface area contributed by atoms with E-state index in [1.165, 1.54) is 6.20 Å². The first-order valence-corrected chi connectivity index (χ1v) is 2.99. The van der Waals surface area contributed by atoms with Crippen molar-refractivity contribution in [3.05, 3.63) is 18.0 Å². The lowest BCUT2D eigenvalue weighted by Crippen LogP contribution is -2.09. The molecule has 0 aliphatic heterocycles. The van der Waals surface area contributed by atoms with Crippen molar-refractivity contribution in [3.8, 4) is 6.07 Å². The van der Waals surface area contributed by atoms with Gasteiger partial charge in [-0.3, -0.25) is 4.68 Å². The minimum absolute atomic E-state index is 0.548. The summed E-state index contributed by atoms with van der Waals surface area (Å²) in [5.41, 5.74) is 5.84. The molecule has 0 amide bonds. The summed E-state index contributed by atoms with van der Waals surface area (Å²) in [7, 11) is 0. The van der Waals surface area contributed by atoms with E-state index >= 15 is 0 Å². The molecule has 4 heteroatoms. The first-order valence-electron chi connectivity index (χ1n) is 2.99. The standard InChI is InChI=1S/C6H8N4/c7-1-2-10-5-6(3-8)4-9-10/h4-5H,1-2,7H2. The van der Waals surface area contributed by atoms with Gasteiger partial charge in [0.25, 0.3) is 0 Å². The van der Waals surface area contributed by atoms with Crippen LogP contribution in [0.2, 0.25) is 0 Å². The van der Waals surface area contributed by atoms with Crippen molar-refractivity contribution in [2.75, 3.05) is 6.54 Å². The monoisotopic (exact) mass is 136 g/mol. The summed E-state index contributed by atoms with van der Waals surface area (Å²) in [5.74, 6) is 0. The Hall–Kier alpha value is -1.34. The van der Waals surface area contributed by atoms with Crippen LogP contribution in [0.3, 0.4) is 0 Å². The van der Waals surface area contributed by atoms with Crippen LogP contribution in [-0.2, 0) is 6.54 Å². The van der Waals surface area contributed by atoms with Gasteiger partial charge in [0.2, 0.25) is 0 Å². The molecule has 1 heterocycles. The van der Waals surface area contributed by atoms with Crippen LogP contribution in [0.5, 0.6) is 0 Å². The van der Waals surface area contributed by atoms with Crippen LogP contribution in [0.4, 0.5) is 0 Å². The van der Waals surface area contributed by atoms with Crippen LogP contribution in [0.25, 0.3) is 0 Å². The van der Waals surface area contributed by atoms with Crippen LogP contribution in [-0.4, -0.2) is 16.3 Å². The molecule has 52 valence electrons. The fourth-order valence-electron chi connectivity index (χ4n) is 0.676. The molecule has 0 fully saturated rings. The molecule has 0 saturated heterocycles. The minimum atomic E-state index is 0.548. The van der Waals surface area contributed by atoms with Crippen LogP contribution in [0.15, 0.2) is 12.4 Å². The van der Waals surface area contributed by atoms with Crippen molar-refractivity contribution in [1.82, 2.24) is 9.78 Å². The van der Waals surface area contributed by atoms with Gasteiger partial charge in [0.1, 0.15) is 6.07 Å². The largest absolute Gasteiger partial charge is 0.329 e. The summed E-state index contributed by atoms with van der Waals surface area (Å²) >= 11 is 0. The summed E-state index contributed by atoms with van der Waals surface area (Å²) < 4.78 is 1.65. The number of hydrogen-bond donors (Lipinski definition) is 1. The summed E-state index contributed by atoms with van der Waals surface area (Å²) in [6.07, 6.45) is 3.20. The van der Waals surface area contributed by atoms with Gasteiger partial charge in [-0.1, -0.05) is 0 Å². The van der Waals surface area contributed by atoms with Gasteiger partial charge in [0, 0.05) is 12.7 Å². The van der Waals surface area contributed by atoms with E-state index in [1.807, 2.05) is 6.07 Å². The molecule has 1 rings (SSSR count). The Morgan fingerprint density at radius 1 is 1.80 bits per heavy atom. The van der Waals surface area contributed by atoms with E-state index in [9.17, 15) is 0 Å². The average molecular weight is 136 g/mol. The molecule has 0 radical (unpaired) electrons. The lowest BCUT2D eigenvalue weighted by Gasteiger charge is -1.93. The van der Waals surface area contributed by atoms with E-state index in [2.05, 4.69) is 5.10 Å². The molecule has 1 aromatic rings. The molecular formula is C6H8N4. The first kappa shape index (κ1) is 6.78. The molecular weight excluding hydrogens is 128 g/mol. The summed E-state index contributed by atoms with van der Waals surface area (Å²) in [6, 6.07) is 1.98. The van der Waals surface area contributed by atoms with Crippen molar-refractivity contribution in [2.45, 2.75) is 6.54 Å². The Kier molecular flexibility index (Phi) is 2.03. The average Bonchev–Trinajstić information content (AvgIpc) is 2.37. The highest BCUT2D eigenvalue weighted by Gasteiger charge is 1.93. The number of nitrogens with two attached hydrogens (primary N) is 1. The maximum absolute atomic E-state index is 8.38. The van der Waals surface area contributed by atoms with Crippen LogP contribution in [0.1, 0.15) is 5.56 Å². The quantitative estimate of drug-likeness (QED) is 0.607. The molecule has 0 aromatic carbocycles. The summed E-state index contributed by atoms with van der Waals surface area (Å²) in [4.78, 5) is 0. The minimum Gasteiger partial charge on any atom is -0.329 e. The van der Waals surface area contributed by atoms with Crippen molar-refractivity contribution < 1.29 is 0 Å². The zero-order chi connectivity index (χ0) is 7.40. The van der Waals surface area contributed by atoms with Crippen molar-refractivity contribution in [3.63, 3.8) is 0 Å². The SMILES string of the molecule is N#Cc1cnn(CCN)c1. The van der Waals surface area contributed by atoms with Gasteiger partial charge in [0.15, 0.2) is 0 Å². The van der Waals surface area contributed by atoms with E-state index in [0.717, 1.165) is 0 Å². The number of aromatic nitrogens is 2. The first-order chi connectivity index (χ1) is 4.86. The van der Waals surface area contributed by atoms with Gasteiger partial charge in [-0.25, -0.2) is 0 Å². The lowest BCUT2D eigenvalue weighted by atomic mass is 10.4. The zero-order valence-corrected chi connectivity index (χ0v) is 5.49. The number of rotatable bonds is 2. The van der Waals surface area contributed by atoms with E-state index in [0.29, 0.717) is 18.7 Å². The van der Waals surface area contributed by atoms with E-state index < -0.39 is 0 Å². The number of nitrogens with zero attached hydrogens (tertiary/aromatic N) is 3. The molecule has 0 spiro atoms. The molecule has 10 heavy (non-hydrogen) atoms. The van der Waals surface area contributed by atoms with Crippen LogP contribution in [0, 0.1) is 11.3 Å². The maximum atomic E-state index is 8.38. The fourth-order valence-corrected chi connectivity index (χ4v) is 0.676. The van der Waals surface area contributed by atoms with Crippen molar-refractivity contribution in [1.29, 1.82) is 5.26 Å². The van der Waals surface area contributed by atoms with Gasteiger partial charge in [0.05, 0.1) is 18.3 Å².